The molecule has 3 N–H and O–H groups in total. The minimum Gasteiger partial charge on any atom is -0.396 e. The highest BCUT2D eigenvalue weighted by Crippen LogP contribution is 1.93. The van der Waals surface area contributed by atoms with E-state index in [0.717, 1.165) is 0 Å². The summed E-state index contributed by atoms with van der Waals surface area (Å²) in [5.74, 6) is -0.316. The number of aliphatic hydroxyl groups excluding tert-OH is 1. The monoisotopic (exact) mass is 197 g/mol. The summed E-state index contributed by atoms with van der Waals surface area (Å²) in [5, 5.41) is 8.34. The van der Waals surface area contributed by atoms with Gasteiger partial charge in [-0.2, -0.15) is 0 Å². The van der Waals surface area contributed by atoms with E-state index >= 15 is 0 Å². The molecule has 11 heavy (non-hydrogen) atoms. The zero-order valence-electron chi connectivity index (χ0n) is 5.99. The molecule has 0 aromatic carbocycles. The third-order valence-electron chi connectivity index (χ3n) is 0.976. The number of thiocarbonyl (C=S) groups is 1. The number of aliphatic hydroxyl groups is 1. The molecule has 4 nitrogen and oxygen atoms in total. The average molecular weight is 197 g/mol. The predicted molar refractivity (Wildman–Crippen MR) is 47.1 cm³/mol. The van der Waals surface area contributed by atoms with Gasteiger partial charge in [0.05, 0.1) is 10.7 Å². The highest BCUT2D eigenvalue weighted by atomic mass is 32.2. The summed E-state index contributed by atoms with van der Waals surface area (Å²) < 4.78 is 21.8. The molecule has 0 aromatic rings. The topological polar surface area (TPSA) is 80.4 Å². The molecular weight excluding hydrogens is 186 g/mol. The predicted octanol–water partition coefficient (Wildman–Crippen LogP) is -0.930. The van der Waals surface area contributed by atoms with Crippen LogP contribution in [0.25, 0.3) is 0 Å². The lowest BCUT2D eigenvalue weighted by atomic mass is 10.5. The lowest BCUT2D eigenvalue weighted by Crippen LogP contribution is -2.23. The van der Waals surface area contributed by atoms with E-state index in [0.29, 0.717) is 0 Å². The zero-order chi connectivity index (χ0) is 8.91. The maximum Gasteiger partial charge on any atom is 0.156 e. The van der Waals surface area contributed by atoms with Crippen LogP contribution in [-0.4, -0.2) is 36.6 Å². The largest absolute Gasteiger partial charge is 0.396 e. The normalized spacial score (nSPS) is 11.4. The van der Waals surface area contributed by atoms with Crippen LogP contribution in [0.4, 0.5) is 0 Å². The SMILES string of the molecule is NC(=S)CS(=O)(=O)CCCO. The van der Waals surface area contributed by atoms with Crippen LogP contribution in [0, 0.1) is 0 Å². The summed E-state index contributed by atoms with van der Waals surface area (Å²) in [6, 6.07) is 0. The molecule has 0 atom stereocenters. The van der Waals surface area contributed by atoms with Gasteiger partial charge in [0.15, 0.2) is 9.84 Å². The number of hydrogen-bond acceptors (Lipinski definition) is 4. The van der Waals surface area contributed by atoms with E-state index in [1.807, 2.05) is 0 Å². The molecule has 0 bridgehead atoms. The van der Waals surface area contributed by atoms with Crippen molar-refractivity contribution in [3.8, 4) is 0 Å². The second kappa shape index (κ2) is 4.63. The highest BCUT2D eigenvalue weighted by molar-refractivity contribution is 7.93. The third kappa shape index (κ3) is 6.21. The summed E-state index contributed by atoms with van der Waals surface area (Å²) in [4.78, 5) is -0.0251. The Kier molecular flexibility index (Phi) is 4.55. The van der Waals surface area contributed by atoms with Crippen LogP contribution in [-0.2, 0) is 9.84 Å². The molecule has 0 saturated carbocycles. The molecule has 0 spiro atoms. The molecule has 0 aliphatic rings. The minimum absolute atomic E-state index is 0.0251. The van der Waals surface area contributed by atoms with Crippen molar-refractivity contribution in [2.75, 3.05) is 18.1 Å². The first-order valence-electron chi connectivity index (χ1n) is 3.07. The quantitative estimate of drug-likeness (QED) is 0.557. The van der Waals surface area contributed by atoms with Gasteiger partial charge in [0, 0.05) is 6.61 Å². The maximum absolute atomic E-state index is 10.9. The summed E-state index contributed by atoms with van der Waals surface area (Å²) in [7, 11) is -3.17. The Morgan fingerprint density at radius 3 is 2.45 bits per heavy atom. The summed E-state index contributed by atoms with van der Waals surface area (Å²) in [6.45, 7) is -0.128. The van der Waals surface area contributed by atoms with Crippen LogP contribution >= 0.6 is 12.2 Å². The van der Waals surface area contributed by atoms with Crippen molar-refractivity contribution in [3.63, 3.8) is 0 Å². The molecule has 0 heterocycles. The van der Waals surface area contributed by atoms with Crippen molar-refractivity contribution in [3.05, 3.63) is 0 Å². The molecule has 0 rings (SSSR count). The van der Waals surface area contributed by atoms with Crippen LogP contribution < -0.4 is 5.73 Å². The van der Waals surface area contributed by atoms with Gasteiger partial charge in [0.2, 0.25) is 0 Å². The van der Waals surface area contributed by atoms with E-state index in [1.165, 1.54) is 0 Å². The van der Waals surface area contributed by atoms with Gasteiger partial charge < -0.3 is 10.8 Å². The highest BCUT2D eigenvalue weighted by Gasteiger charge is 2.10. The second-order valence-corrected chi connectivity index (χ2v) is 4.84. The van der Waals surface area contributed by atoms with Gasteiger partial charge in [-0.15, -0.1) is 0 Å². The molecule has 66 valence electrons. The molecule has 0 fully saturated rings. The smallest absolute Gasteiger partial charge is 0.156 e. The van der Waals surface area contributed by atoms with Crippen molar-refractivity contribution in [1.29, 1.82) is 0 Å². The van der Waals surface area contributed by atoms with E-state index in [9.17, 15) is 8.42 Å². The second-order valence-electron chi connectivity index (χ2n) is 2.14. The van der Waals surface area contributed by atoms with Crippen molar-refractivity contribution in [2.45, 2.75) is 6.42 Å². The third-order valence-corrected chi connectivity index (χ3v) is 2.96. The Morgan fingerprint density at radius 1 is 1.55 bits per heavy atom. The van der Waals surface area contributed by atoms with Crippen molar-refractivity contribution in [1.82, 2.24) is 0 Å². The van der Waals surface area contributed by atoms with Gasteiger partial charge in [-0.1, -0.05) is 12.2 Å². The minimum atomic E-state index is -3.17. The molecular formula is C5H11NO3S2. The van der Waals surface area contributed by atoms with Gasteiger partial charge in [0.1, 0.15) is 5.75 Å². The standard InChI is InChI=1S/C5H11NO3S2/c6-5(10)4-11(8,9)3-1-2-7/h7H,1-4H2,(H2,6,10). The Morgan fingerprint density at radius 2 is 2.09 bits per heavy atom. The van der Waals surface area contributed by atoms with Crippen LogP contribution in [0.5, 0.6) is 0 Å². The Bertz CT molecular complexity index is 222. The Hall–Kier alpha value is -0.200. The summed E-state index contributed by atoms with van der Waals surface area (Å²) in [6.07, 6.45) is 0.241. The van der Waals surface area contributed by atoms with Gasteiger partial charge in [0.25, 0.3) is 0 Å². The molecule has 0 amide bonds. The Balaban J connectivity index is 3.92. The average Bonchev–Trinajstić information content (AvgIpc) is 1.81. The molecule has 6 heteroatoms. The molecule has 0 aromatic heterocycles. The molecule has 0 saturated heterocycles. The van der Waals surface area contributed by atoms with E-state index < -0.39 is 9.84 Å². The number of sulfone groups is 1. The first-order valence-corrected chi connectivity index (χ1v) is 5.30. The van der Waals surface area contributed by atoms with Gasteiger partial charge in [-0.25, -0.2) is 8.42 Å². The van der Waals surface area contributed by atoms with Gasteiger partial charge in [-0.05, 0) is 6.42 Å². The van der Waals surface area contributed by atoms with E-state index in [1.54, 1.807) is 0 Å². The molecule has 0 unspecified atom stereocenters. The number of rotatable bonds is 5. The lowest BCUT2D eigenvalue weighted by Gasteiger charge is -1.99. The van der Waals surface area contributed by atoms with E-state index in [2.05, 4.69) is 12.2 Å². The van der Waals surface area contributed by atoms with Crippen LogP contribution in [0.2, 0.25) is 0 Å². The maximum atomic E-state index is 10.9. The van der Waals surface area contributed by atoms with Crippen molar-refractivity contribution >= 4 is 27.0 Å². The van der Waals surface area contributed by atoms with Gasteiger partial charge in [-0.3, -0.25) is 0 Å². The van der Waals surface area contributed by atoms with Crippen LogP contribution in [0.1, 0.15) is 6.42 Å². The Labute approximate surface area is 71.3 Å². The fourth-order valence-electron chi connectivity index (χ4n) is 0.573. The fraction of sp³-hybridized carbons (Fsp3) is 0.800. The summed E-state index contributed by atoms with van der Waals surface area (Å²) >= 11 is 4.43. The van der Waals surface area contributed by atoms with Gasteiger partial charge >= 0.3 is 0 Å². The van der Waals surface area contributed by atoms with E-state index in [-0.39, 0.29) is 29.5 Å². The van der Waals surface area contributed by atoms with E-state index in [4.69, 9.17) is 10.8 Å². The van der Waals surface area contributed by atoms with Crippen LogP contribution in [0.15, 0.2) is 0 Å². The first-order chi connectivity index (χ1) is 4.98. The zero-order valence-corrected chi connectivity index (χ0v) is 7.62. The molecule has 0 aliphatic heterocycles. The first kappa shape index (κ1) is 10.8. The van der Waals surface area contributed by atoms with Crippen LogP contribution in [0.3, 0.4) is 0 Å². The lowest BCUT2D eigenvalue weighted by molar-refractivity contribution is 0.295. The molecule has 0 aliphatic carbocycles. The number of nitrogens with two attached hydrogens (primary N) is 1. The fourth-order valence-corrected chi connectivity index (χ4v) is 2.26. The number of hydrogen-bond donors (Lipinski definition) is 2. The summed E-state index contributed by atoms with van der Waals surface area (Å²) in [5.41, 5.74) is 5.04. The van der Waals surface area contributed by atoms with Crippen molar-refractivity contribution < 1.29 is 13.5 Å². The molecule has 0 radical (unpaired) electrons. The van der Waals surface area contributed by atoms with Crippen molar-refractivity contribution in [2.24, 2.45) is 5.73 Å².